The minimum Gasteiger partial charge on any atom is -0.355 e. The lowest BCUT2D eigenvalue weighted by Crippen LogP contribution is -2.43. The van der Waals surface area contributed by atoms with Gasteiger partial charge in [-0.05, 0) is 38.3 Å². The van der Waals surface area contributed by atoms with Gasteiger partial charge in [0.05, 0.1) is 0 Å². The summed E-state index contributed by atoms with van der Waals surface area (Å²) in [6.07, 6.45) is 4.30. The normalized spacial score (nSPS) is 17.6. The number of piperidine rings is 1. The highest BCUT2D eigenvalue weighted by molar-refractivity contribution is 5.79. The summed E-state index contributed by atoms with van der Waals surface area (Å²) < 4.78 is 1.68. The maximum absolute atomic E-state index is 12.2. The number of rotatable bonds is 4. The Hall–Kier alpha value is -2.18. The van der Waals surface area contributed by atoms with E-state index < -0.39 is 0 Å². The lowest BCUT2D eigenvalue weighted by Gasteiger charge is -2.32. The number of hydrogen-bond donors (Lipinski definition) is 1. The Bertz CT molecular complexity index is 646. The van der Waals surface area contributed by atoms with Gasteiger partial charge >= 0.3 is 0 Å². The highest BCUT2D eigenvalue weighted by Gasteiger charge is 2.26. The summed E-state index contributed by atoms with van der Waals surface area (Å²) in [7, 11) is 0. The maximum Gasteiger partial charge on any atom is 0.223 e. The first-order chi connectivity index (χ1) is 10.7. The topological polar surface area (TPSA) is 75.4 Å². The van der Waals surface area contributed by atoms with Crippen LogP contribution in [0, 0.1) is 5.92 Å². The largest absolute Gasteiger partial charge is 0.355 e. The van der Waals surface area contributed by atoms with Gasteiger partial charge in [-0.3, -0.25) is 4.79 Å². The summed E-state index contributed by atoms with van der Waals surface area (Å²) in [4.78, 5) is 14.4. The van der Waals surface area contributed by atoms with Gasteiger partial charge in [0.2, 0.25) is 5.91 Å². The summed E-state index contributed by atoms with van der Waals surface area (Å²) in [6.45, 7) is 5.82. The van der Waals surface area contributed by atoms with E-state index in [2.05, 4.69) is 32.4 Å². The molecule has 1 unspecified atom stereocenters. The van der Waals surface area contributed by atoms with E-state index in [0.717, 1.165) is 43.8 Å². The molecule has 2 aromatic heterocycles. The summed E-state index contributed by atoms with van der Waals surface area (Å²) in [5, 5.41) is 15.4. The zero-order valence-corrected chi connectivity index (χ0v) is 13.1. The third-order valence-corrected chi connectivity index (χ3v) is 4.34. The molecule has 3 rings (SSSR count). The quantitative estimate of drug-likeness (QED) is 0.920. The fourth-order valence-electron chi connectivity index (χ4n) is 2.72. The first kappa shape index (κ1) is 14.7. The zero-order chi connectivity index (χ0) is 15.5. The highest BCUT2D eigenvalue weighted by atomic mass is 16.1. The van der Waals surface area contributed by atoms with Gasteiger partial charge in [0, 0.05) is 25.0 Å². The van der Waals surface area contributed by atoms with Gasteiger partial charge in [0.25, 0.3) is 0 Å². The van der Waals surface area contributed by atoms with Crippen molar-refractivity contribution < 1.29 is 4.79 Å². The molecular weight excluding hydrogens is 280 g/mol. The number of carbonyl (C=O) groups excluding carboxylic acids is 1. The average Bonchev–Trinajstić information content (AvgIpc) is 3.02. The average molecular weight is 302 g/mol. The molecule has 0 saturated carbocycles. The lowest BCUT2D eigenvalue weighted by molar-refractivity contribution is -0.126. The molecule has 0 aromatic carbocycles. The number of aromatic nitrogens is 4. The molecule has 1 aliphatic rings. The van der Waals surface area contributed by atoms with E-state index in [9.17, 15) is 4.79 Å². The second kappa shape index (κ2) is 6.29. The number of nitrogens with one attached hydrogen (secondary N) is 1. The molecule has 118 valence electrons. The number of amides is 1. The molecule has 0 spiro atoms. The monoisotopic (exact) mass is 302 g/mol. The van der Waals surface area contributed by atoms with Gasteiger partial charge in [0.15, 0.2) is 5.65 Å². The molecule has 2 aromatic rings. The predicted molar refractivity (Wildman–Crippen MR) is 83.6 cm³/mol. The van der Waals surface area contributed by atoms with Crippen LogP contribution in [0.25, 0.3) is 5.65 Å². The van der Waals surface area contributed by atoms with Crippen molar-refractivity contribution in [3.8, 4) is 0 Å². The van der Waals surface area contributed by atoms with E-state index in [0.29, 0.717) is 0 Å². The van der Waals surface area contributed by atoms with E-state index in [-0.39, 0.29) is 17.9 Å². The van der Waals surface area contributed by atoms with Gasteiger partial charge < -0.3 is 10.2 Å². The molecule has 3 heterocycles. The van der Waals surface area contributed by atoms with Crippen LogP contribution in [0.4, 0.5) is 5.82 Å². The third kappa shape index (κ3) is 3.03. The summed E-state index contributed by atoms with van der Waals surface area (Å²) >= 11 is 0. The molecule has 7 heteroatoms. The van der Waals surface area contributed by atoms with Crippen LogP contribution in [0.5, 0.6) is 0 Å². The minimum atomic E-state index is 0.115. The predicted octanol–water partition coefficient (Wildman–Crippen LogP) is 1.26. The standard InChI is InChI=1S/C15H22N6O/c1-3-11(2)17-15(22)12-6-8-20(9-7-12)14-5-4-13-18-16-10-21(13)19-14/h4-5,10-12H,3,6-9H2,1-2H3,(H,17,22). The van der Waals surface area contributed by atoms with Gasteiger partial charge in [-0.25, -0.2) is 0 Å². The second-order valence-corrected chi connectivity index (χ2v) is 5.90. The van der Waals surface area contributed by atoms with E-state index >= 15 is 0 Å². The molecule has 1 aliphatic heterocycles. The van der Waals surface area contributed by atoms with Crippen molar-refractivity contribution in [1.82, 2.24) is 25.1 Å². The number of carbonyl (C=O) groups is 1. The summed E-state index contributed by atoms with van der Waals surface area (Å²) in [5.74, 6) is 1.22. The Kier molecular flexibility index (Phi) is 4.22. The molecular formula is C15H22N6O. The molecule has 0 bridgehead atoms. The zero-order valence-electron chi connectivity index (χ0n) is 13.1. The van der Waals surface area contributed by atoms with Crippen LogP contribution < -0.4 is 10.2 Å². The van der Waals surface area contributed by atoms with Crippen molar-refractivity contribution in [1.29, 1.82) is 0 Å². The maximum atomic E-state index is 12.2. The summed E-state index contributed by atoms with van der Waals surface area (Å²) in [5.41, 5.74) is 0.742. The van der Waals surface area contributed by atoms with Gasteiger partial charge in [-0.15, -0.1) is 15.3 Å². The molecule has 0 aliphatic carbocycles. The SMILES string of the molecule is CCC(C)NC(=O)C1CCN(c2ccc3nncn3n2)CC1. The highest BCUT2D eigenvalue weighted by Crippen LogP contribution is 2.22. The first-order valence-corrected chi connectivity index (χ1v) is 7.89. The number of nitrogens with zero attached hydrogens (tertiary/aromatic N) is 5. The number of hydrogen-bond acceptors (Lipinski definition) is 5. The Balaban J connectivity index is 1.60. The van der Waals surface area contributed by atoms with Crippen LogP contribution in [-0.2, 0) is 4.79 Å². The van der Waals surface area contributed by atoms with Gasteiger partial charge in [-0.1, -0.05) is 6.92 Å². The Morgan fingerprint density at radius 1 is 1.41 bits per heavy atom. The molecule has 1 amide bonds. The van der Waals surface area contributed by atoms with Gasteiger partial charge in [-0.2, -0.15) is 4.52 Å². The molecule has 7 nitrogen and oxygen atoms in total. The second-order valence-electron chi connectivity index (χ2n) is 5.90. The molecule has 0 radical (unpaired) electrons. The van der Waals surface area contributed by atoms with Crippen LogP contribution in [-0.4, -0.2) is 44.8 Å². The van der Waals surface area contributed by atoms with Crippen molar-refractivity contribution in [3.63, 3.8) is 0 Å². The van der Waals surface area contributed by atoms with Crippen molar-refractivity contribution in [2.45, 2.75) is 39.2 Å². The van der Waals surface area contributed by atoms with Crippen molar-refractivity contribution in [2.75, 3.05) is 18.0 Å². The number of anilines is 1. The fraction of sp³-hybridized carbons (Fsp3) is 0.600. The van der Waals surface area contributed by atoms with Gasteiger partial charge in [0.1, 0.15) is 12.1 Å². The van der Waals surface area contributed by atoms with E-state index in [1.54, 1.807) is 10.8 Å². The fourth-order valence-corrected chi connectivity index (χ4v) is 2.72. The Morgan fingerprint density at radius 3 is 2.91 bits per heavy atom. The van der Waals surface area contributed by atoms with Crippen LogP contribution in [0.3, 0.4) is 0 Å². The van der Waals surface area contributed by atoms with Crippen LogP contribution in [0.15, 0.2) is 18.5 Å². The van der Waals surface area contributed by atoms with Crippen LogP contribution in [0.2, 0.25) is 0 Å². The minimum absolute atomic E-state index is 0.115. The van der Waals surface area contributed by atoms with E-state index in [1.807, 2.05) is 19.1 Å². The molecule has 1 atom stereocenters. The van der Waals surface area contributed by atoms with Crippen LogP contribution >= 0.6 is 0 Å². The van der Waals surface area contributed by atoms with Crippen LogP contribution in [0.1, 0.15) is 33.1 Å². The molecule has 1 N–H and O–H groups in total. The smallest absolute Gasteiger partial charge is 0.223 e. The van der Waals surface area contributed by atoms with Crippen molar-refractivity contribution >= 4 is 17.4 Å². The Labute approximate surface area is 129 Å². The van der Waals surface area contributed by atoms with E-state index in [4.69, 9.17) is 0 Å². The molecule has 1 saturated heterocycles. The van der Waals surface area contributed by atoms with Crippen molar-refractivity contribution in [2.24, 2.45) is 5.92 Å². The van der Waals surface area contributed by atoms with Crippen molar-refractivity contribution in [3.05, 3.63) is 18.5 Å². The number of fused-ring (bicyclic) bond motifs is 1. The Morgan fingerprint density at radius 2 is 2.18 bits per heavy atom. The third-order valence-electron chi connectivity index (χ3n) is 4.34. The lowest BCUT2D eigenvalue weighted by atomic mass is 9.95. The molecule has 1 fully saturated rings. The molecule has 22 heavy (non-hydrogen) atoms. The summed E-state index contributed by atoms with van der Waals surface area (Å²) in [6, 6.07) is 4.13. The van der Waals surface area contributed by atoms with E-state index in [1.165, 1.54) is 0 Å². The first-order valence-electron chi connectivity index (χ1n) is 7.89.